The van der Waals surface area contributed by atoms with E-state index < -0.39 is 35.1 Å². The standard InChI is InChI=1S/C25H35N3O5/c1-5-24-11-12-25(33-24)19(18(24)21(30)26-13-17-9-7-6-8-10-17)23(32)28(16(4)14-29)20(25)22(31)27-15(2)3/h6-10,15-16,18-20,29H,5,11-14H2,1-4H3,(H,26,30)(H,27,31)/t16-,18-,19+,20?,24+,25?/m1/s1. The highest BCUT2D eigenvalue weighted by molar-refractivity contribution is 5.99. The first-order chi connectivity index (χ1) is 15.7. The van der Waals surface area contributed by atoms with Crippen molar-refractivity contribution in [3.05, 3.63) is 35.9 Å². The Morgan fingerprint density at radius 3 is 2.48 bits per heavy atom. The van der Waals surface area contributed by atoms with Gasteiger partial charge in [-0.15, -0.1) is 0 Å². The molecule has 1 aromatic carbocycles. The molecular formula is C25H35N3O5. The van der Waals surface area contributed by atoms with Gasteiger partial charge in [-0.05, 0) is 45.6 Å². The van der Waals surface area contributed by atoms with Gasteiger partial charge in [-0.3, -0.25) is 14.4 Å². The lowest BCUT2D eigenvalue weighted by Gasteiger charge is -2.36. The molecule has 8 heteroatoms. The normalized spacial score (nSPS) is 33.3. The molecule has 1 aromatic rings. The van der Waals surface area contributed by atoms with Crippen LogP contribution < -0.4 is 10.6 Å². The zero-order valence-corrected chi connectivity index (χ0v) is 19.8. The Morgan fingerprint density at radius 2 is 1.88 bits per heavy atom. The van der Waals surface area contributed by atoms with Gasteiger partial charge < -0.3 is 25.4 Å². The van der Waals surface area contributed by atoms with Crippen LogP contribution in [-0.4, -0.2) is 63.7 Å². The SMILES string of the molecule is CC[C@@]12CCC3(O1)C(C(=O)NC(C)C)N([C@H](C)CO)C(=O)[C@@H]3[C@@H]2C(=O)NCc1ccccc1. The molecule has 0 aromatic heterocycles. The van der Waals surface area contributed by atoms with Crippen LogP contribution in [0.25, 0.3) is 0 Å². The van der Waals surface area contributed by atoms with E-state index >= 15 is 0 Å². The van der Waals surface area contributed by atoms with E-state index in [0.717, 1.165) is 5.56 Å². The number of amides is 3. The van der Waals surface area contributed by atoms with Gasteiger partial charge in [0.05, 0.1) is 30.1 Å². The highest BCUT2D eigenvalue weighted by atomic mass is 16.5. The van der Waals surface area contributed by atoms with Crippen LogP contribution >= 0.6 is 0 Å². The van der Waals surface area contributed by atoms with Crippen LogP contribution in [-0.2, 0) is 25.7 Å². The molecule has 3 fully saturated rings. The molecule has 180 valence electrons. The highest BCUT2D eigenvalue weighted by Crippen LogP contribution is 2.64. The van der Waals surface area contributed by atoms with Gasteiger partial charge in [0.15, 0.2) is 0 Å². The third kappa shape index (κ3) is 3.64. The van der Waals surface area contributed by atoms with Gasteiger partial charge in [-0.25, -0.2) is 0 Å². The molecule has 2 unspecified atom stereocenters. The monoisotopic (exact) mass is 457 g/mol. The summed E-state index contributed by atoms with van der Waals surface area (Å²) in [5.74, 6) is -2.23. The number of benzene rings is 1. The van der Waals surface area contributed by atoms with Gasteiger partial charge in [0.2, 0.25) is 17.7 Å². The number of carbonyl (C=O) groups is 3. The van der Waals surface area contributed by atoms with Gasteiger partial charge in [0.25, 0.3) is 0 Å². The largest absolute Gasteiger partial charge is 0.394 e. The Labute approximate surface area is 195 Å². The molecule has 3 N–H and O–H groups in total. The summed E-state index contributed by atoms with van der Waals surface area (Å²) in [4.78, 5) is 42.2. The Balaban J connectivity index is 1.70. The summed E-state index contributed by atoms with van der Waals surface area (Å²) < 4.78 is 6.65. The molecule has 0 radical (unpaired) electrons. The number of aliphatic hydroxyl groups excluding tert-OH is 1. The first-order valence-electron chi connectivity index (χ1n) is 12.0. The van der Waals surface area contributed by atoms with Crippen LogP contribution in [0.3, 0.4) is 0 Å². The molecule has 3 heterocycles. The number of likely N-dealkylation sites (tertiary alicyclic amines) is 1. The zero-order chi connectivity index (χ0) is 24.0. The van der Waals surface area contributed by atoms with Crippen LogP contribution in [0.2, 0.25) is 0 Å². The minimum Gasteiger partial charge on any atom is -0.394 e. The second-order valence-electron chi connectivity index (χ2n) is 9.98. The lowest BCUT2D eigenvalue weighted by molar-refractivity contribution is -0.150. The maximum Gasteiger partial charge on any atom is 0.246 e. The van der Waals surface area contributed by atoms with E-state index in [1.54, 1.807) is 6.92 Å². The molecule has 0 saturated carbocycles. The highest BCUT2D eigenvalue weighted by Gasteiger charge is 2.78. The van der Waals surface area contributed by atoms with E-state index in [1.807, 2.05) is 51.1 Å². The molecule has 0 aliphatic carbocycles. The van der Waals surface area contributed by atoms with E-state index in [-0.39, 0.29) is 30.4 Å². The molecule has 6 atom stereocenters. The van der Waals surface area contributed by atoms with Crippen molar-refractivity contribution in [2.24, 2.45) is 11.8 Å². The van der Waals surface area contributed by atoms with Crippen LogP contribution in [0.5, 0.6) is 0 Å². The van der Waals surface area contributed by atoms with Crippen LogP contribution in [0, 0.1) is 11.8 Å². The number of nitrogens with zero attached hydrogens (tertiary/aromatic N) is 1. The van der Waals surface area contributed by atoms with Crippen molar-refractivity contribution in [1.29, 1.82) is 0 Å². The fourth-order valence-electron chi connectivity index (χ4n) is 6.17. The predicted molar refractivity (Wildman–Crippen MR) is 122 cm³/mol. The number of fused-ring (bicyclic) bond motifs is 1. The van der Waals surface area contributed by atoms with Crippen molar-refractivity contribution in [1.82, 2.24) is 15.5 Å². The summed E-state index contributed by atoms with van der Waals surface area (Å²) in [5, 5.41) is 15.8. The summed E-state index contributed by atoms with van der Waals surface area (Å²) in [7, 11) is 0. The Bertz CT molecular complexity index is 922. The van der Waals surface area contributed by atoms with Crippen molar-refractivity contribution in [3.8, 4) is 0 Å². The van der Waals surface area contributed by atoms with Crippen LogP contribution in [0.1, 0.15) is 52.5 Å². The zero-order valence-electron chi connectivity index (χ0n) is 19.8. The quantitative estimate of drug-likeness (QED) is 0.546. The molecule has 33 heavy (non-hydrogen) atoms. The van der Waals surface area contributed by atoms with Gasteiger partial charge in [0.1, 0.15) is 11.6 Å². The number of hydrogen-bond acceptors (Lipinski definition) is 5. The number of nitrogens with one attached hydrogen (secondary N) is 2. The third-order valence-electron chi connectivity index (χ3n) is 7.63. The fourth-order valence-corrected chi connectivity index (χ4v) is 6.17. The second kappa shape index (κ2) is 8.72. The number of carbonyl (C=O) groups excluding carboxylic acids is 3. The molecule has 3 aliphatic rings. The van der Waals surface area contributed by atoms with E-state index in [2.05, 4.69) is 10.6 Å². The number of ether oxygens (including phenoxy) is 1. The maximum atomic E-state index is 13.8. The van der Waals surface area contributed by atoms with Crippen molar-refractivity contribution >= 4 is 17.7 Å². The fraction of sp³-hybridized carbons (Fsp3) is 0.640. The first kappa shape index (κ1) is 23.7. The lowest BCUT2D eigenvalue weighted by atomic mass is 9.65. The number of rotatable bonds is 8. The second-order valence-corrected chi connectivity index (χ2v) is 9.98. The lowest BCUT2D eigenvalue weighted by Crippen LogP contribution is -2.58. The molecule has 2 bridgehead atoms. The number of aliphatic hydroxyl groups is 1. The minimum absolute atomic E-state index is 0.113. The summed E-state index contributed by atoms with van der Waals surface area (Å²) in [6, 6.07) is 8.07. The molecule has 4 rings (SSSR count). The van der Waals surface area contributed by atoms with Gasteiger partial charge in [-0.2, -0.15) is 0 Å². The first-order valence-corrected chi connectivity index (χ1v) is 12.0. The molecule has 1 spiro atoms. The summed E-state index contributed by atoms with van der Waals surface area (Å²) in [6.45, 7) is 7.51. The predicted octanol–water partition coefficient (Wildman–Crippen LogP) is 1.36. The molecule has 8 nitrogen and oxygen atoms in total. The average molecular weight is 458 g/mol. The Morgan fingerprint density at radius 1 is 1.18 bits per heavy atom. The van der Waals surface area contributed by atoms with Crippen LogP contribution in [0.15, 0.2) is 30.3 Å². The van der Waals surface area contributed by atoms with E-state index in [0.29, 0.717) is 25.8 Å². The summed E-state index contributed by atoms with van der Waals surface area (Å²) in [5.41, 5.74) is -0.867. The van der Waals surface area contributed by atoms with Crippen molar-refractivity contribution < 1.29 is 24.2 Å². The van der Waals surface area contributed by atoms with E-state index in [4.69, 9.17) is 4.74 Å². The maximum absolute atomic E-state index is 13.8. The minimum atomic E-state index is -1.07. The summed E-state index contributed by atoms with van der Waals surface area (Å²) >= 11 is 0. The Hall–Kier alpha value is -2.45. The topological polar surface area (TPSA) is 108 Å². The van der Waals surface area contributed by atoms with Crippen molar-refractivity contribution in [2.75, 3.05) is 6.61 Å². The molecule has 3 aliphatic heterocycles. The number of hydrogen-bond donors (Lipinski definition) is 3. The van der Waals surface area contributed by atoms with E-state index in [1.165, 1.54) is 4.90 Å². The smallest absolute Gasteiger partial charge is 0.246 e. The molecule has 3 amide bonds. The average Bonchev–Trinajstić information content (AvgIpc) is 3.40. The third-order valence-corrected chi connectivity index (χ3v) is 7.63. The van der Waals surface area contributed by atoms with Crippen molar-refractivity contribution in [3.63, 3.8) is 0 Å². The molecule has 3 saturated heterocycles. The van der Waals surface area contributed by atoms with E-state index in [9.17, 15) is 19.5 Å². The Kier molecular flexibility index (Phi) is 6.26. The summed E-state index contributed by atoms with van der Waals surface area (Å²) in [6.07, 6.45) is 1.73. The van der Waals surface area contributed by atoms with Crippen LogP contribution in [0.4, 0.5) is 0 Å². The van der Waals surface area contributed by atoms with Gasteiger partial charge in [0, 0.05) is 12.6 Å². The molecular weight excluding hydrogens is 422 g/mol. The van der Waals surface area contributed by atoms with Gasteiger partial charge in [-0.1, -0.05) is 37.3 Å². The van der Waals surface area contributed by atoms with Crippen molar-refractivity contribution in [2.45, 2.75) is 82.8 Å². The van der Waals surface area contributed by atoms with Gasteiger partial charge >= 0.3 is 0 Å².